The second-order valence-corrected chi connectivity index (χ2v) is 11.5. The number of unbranched alkanes of at least 4 members (excludes halogenated alkanes) is 2. The molecule has 1 aromatic rings. The van der Waals surface area contributed by atoms with E-state index in [-0.39, 0.29) is 29.9 Å². The summed E-state index contributed by atoms with van der Waals surface area (Å²) in [5, 5.41) is 12.7. The highest BCUT2D eigenvalue weighted by molar-refractivity contribution is 5.99. The minimum atomic E-state index is -0.498. The van der Waals surface area contributed by atoms with E-state index in [2.05, 4.69) is 19.2 Å². The lowest BCUT2D eigenvalue weighted by Crippen LogP contribution is -2.57. The zero-order chi connectivity index (χ0) is 28.4. The number of nitrogens with zero attached hydrogens (tertiary/aromatic N) is 1. The lowest BCUT2D eigenvalue weighted by Gasteiger charge is -2.44. The first-order chi connectivity index (χ1) is 19.5. The number of rotatable bonds is 15. The van der Waals surface area contributed by atoms with Gasteiger partial charge in [0, 0.05) is 19.4 Å². The van der Waals surface area contributed by atoms with Crippen LogP contribution in [-0.2, 0) is 9.59 Å². The fourth-order valence-electron chi connectivity index (χ4n) is 6.09. The summed E-state index contributed by atoms with van der Waals surface area (Å²) in [7, 11) is 0. The number of benzene rings is 1. The summed E-state index contributed by atoms with van der Waals surface area (Å²) in [6.07, 6.45) is 10.3. The number of piperidine rings is 1. The molecule has 2 unspecified atom stereocenters. The predicted molar refractivity (Wildman–Crippen MR) is 152 cm³/mol. The first-order valence-corrected chi connectivity index (χ1v) is 15.4. The SMILES string of the molecule is CCCCOc1ccc(OCCCC)c2c1OCC(CCC(NCCO)N1C(=O)CC3(CCCCC3)CC1=O)O2. The second kappa shape index (κ2) is 14.9. The van der Waals surface area contributed by atoms with Crippen molar-refractivity contribution in [2.24, 2.45) is 5.41 Å². The Balaban J connectivity index is 1.44. The van der Waals surface area contributed by atoms with Gasteiger partial charge in [-0.15, -0.1) is 0 Å². The van der Waals surface area contributed by atoms with Crippen LogP contribution in [0.25, 0.3) is 0 Å². The molecule has 2 N–H and O–H groups in total. The fraction of sp³-hybridized carbons (Fsp3) is 0.742. The number of imide groups is 1. The van der Waals surface area contributed by atoms with E-state index in [0.29, 0.717) is 75.0 Å². The van der Waals surface area contributed by atoms with Gasteiger partial charge in [0.15, 0.2) is 11.5 Å². The Morgan fingerprint density at radius 1 is 1.00 bits per heavy atom. The van der Waals surface area contributed by atoms with Gasteiger partial charge in [0.25, 0.3) is 0 Å². The Kier molecular flexibility index (Phi) is 11.4. The maximum Gasteiger partial charge on any atom is 0.231 e. The van der Waals surface area contributed by atoms with Gasteiger partial charge in [-0.2, -0.15) is 0 Å². The Labute approximate surface area is 238 Å². The van der Waals surface area contributed by atoms with Gasteiger partial charge in [-0.25, -0.2) is 0 Å². The number of hydrogen-bond donors (Lipinski definition) is 2. The van der Waals surface area contributed by atoms with E-state index >= 15 is 0 Å². The fourth-order valence-corrected chi connectivity index (χ4v) is 6.09. The quantitative estimate of drug-likeness (QED) is 0.229. The standard InChI is InChI=1S/C31H48N2O7/c1-3-5-18-37-24-11-12-25(38-19-6-4-2)30-29(24)39-22-23(40-30)10-13-26(32-16-17-34)33-27(35)20-31(21-28(33)36)14-8-7-9-15-31/h11-12,23,26,32,34H,3-10,13-22H2,1-2H3. The van der Waals surface area contributed by atoms with Crippen LogP contribution in [0.5, 0.6) is 23.0 Å². The van der Waals surface area contributed by atoms with Crippen LogP contribution >= 0.6 is 0 Å². The molecular formula is C31H48N2O7. The minimum Gasteiger partial charge on any atom is -0.490 e. The van der Waals surface area contributed by atoms with Crippen molar-refractivity contribution in [3.63, 3.8) is 0 Å². The van der Waals surface area contributed by atoms with Crippen LogP contribution in [-0.4, -0.2) is 67.1 Å². The highest BCUT2D eigenvalue weighted by Gasteiger charge is 2.46. The van der Waals surface area contributed by atoms with Gasteiger partial charge in [-0.1, -0.05) is 46.0 Å². The van der Waals surface area contributed by atoms with Crippen LogP contribution in [0.3, 0.4) is 0 Å². The zero-order valence-corrected chi connectivity index (χ0v) is 24.4. The minimum absolute atomic E-state index is 0.0770. The first-order valence-electron chi connectivity index (χ1n) is 15.4. The van der Waals surface area contributed by atoms with E-state index in [9.17, 15) is 14.7 Å². The lowest BCUT2D eigenvalue weighted by atomic mass is 9.67. The lowest BCUT2D eigenvalue weighted by molar-refractivity contribution is -0.159. The number of carbonyl (C=O) groups is 2. The highest BCUT2D eigenvalue weighted by atomic mass is 16.6. The molecule has 0 aromatic heterocycles. The van der Waals surface area contributed by atoms with Crippen LogP contribution in [0.15, 0.2) is 12.1 Å². The monoisotopic (exact) mass is 560 g/mol. The van der Waals surface area contributed by atoms with Crippen LogP contribution in [0.4, 0.5) is 0 Å². The summed E-state index contributed by atoms with van der Waals surface area (Å²) in [5.41, 5.74) is -0.167. The predicted octanol–water partition coefficient (Wildman–Crippen LogP) is 4.97. The third kappa shape index (κ3) is 7.60. The zero-order valence-electron chi connectivity index (χ0n) is 24.4. The molecule has 3 aliphatic rings. The summed E-state index contributed by atoms with van der Waals surface area (Å²) in [6, 6.07) is 3.75. The van der Waals surface area contributed by atoms with E-state index in [0.717, 1.165) is 51.4 Å². The molecular weight excluding hydrogens is 512 g/mol. The molecule has 2 fully saturated rings. The molecule has 4 rings (SSSR count). The molecule has 9 nitrogen and oxygen atoms in total. The molecule has 1 spiro atoms. The van der Waals surface area contributed by atoms with Gasteiger partial charge >= 0.3 is 0 Å². The smallest absolute Gasteiger partial charge is 0.231 e. The van der Waals surface area contributed by atoms with Gasteiger partial charge in [-0.3, -0.25) is 19.8 Å². The summed E-state index contributed by atoms with van der Waals surface area (Å²) >= 11 is 0. The van der Waals surface area contributed by atoms with Gasteiger partial charge in [0.2, 0.25) is 23.3 Å². The van der Waals surface area contributed by atoms with E-state index in [1.807, 2.05) is 12.1 Å². The molecule has 0 bridgehead atoms. The van der Waals surface area contributed by atoms with Crippen LogP contribution in [0, 0.1) is 5.41 Å². The summed E-state index contributed by atoms with van der Waals surface area (Å²) in [6.45, 7) is 5.97. The van der Waals surface area contributed by atoms with Crippen molar-refractivity contribution >= 4 is 11.8 Å². The van der Waals surface area contributed by atoms with Gasteiger partial charge in [0.1, 0.15) is 12.7 Å². The number of hydrogen-bond acceptors (Lipinski definition) is 8. The molecule has 40 heavy (non-hydrogen) atoms. The molecule has 1 aromatic carbocycles. The number of carbonyl (C=O) groups excluding carboxylic acids is 2. The number of nitrogens with one attached hydrogen (secondary N) is 1. The third-order valence-corrected chi connectivity index (χ3v) is 8.32. The van der Waals surface area contributed by atoms with E-state index < -0.39 is 6.17 Å². The number of fused-ring (bicyclic) bond motifs is 1. The average Bonchev–Trinajstić information content (AvgIpc) is 2.95. The van der Waals surface area contributed by atoms with E-state index in [4.69, 9.17) is 18.9 Å². The van der Waals surface area contributed by atoms with Crippen LogP contribution < -0.4 is 24.3 Å². The third-order valence-electron chi connectivity index (χ3n) is 8.32. The maximum absolute atomic E-state index is 13.3. The molecule has 2 heterocycles. The molecule has 1 saturated heterocycles. The van der Waals surface area contributed by atoms with Crippen LogP contribution in [0.2, 0.25) is 0 Å². The van der Waals surface area contributed by atoms with E-state index in [1.54, 1.807) is 0 Å². The first kappa shape index (κ1) is 30.4. The van der Waals surface area contributed by atoms with Crippen molar-refractivity contribution in [3.8, 4) is 23.0 Å². The summed E-state index contributed by atoms with van der Waals surface area (Å²) in [5.74, 6) is 2.17. The van der Waals surface area contributed by atoms with Crippen molar-refractivity contribution in [2.75, 3.05) is 33.0 Å². The maximum atomic E-state index is 13.3. The number of aliphatic hydroxyl groups excluding tert-OH is 1. The molecule has 0 radical (unpaired) electrons. The number of aliphatic hydroxyl groups is 1. The highest BCUT2D eigenvalue weighted by Crippen LogP contribution is 2.48. The largest absolute Gasteiger partial charge is 0.490 e. The molecule has 2 aliphatic heterocycles. The Bertz CT molecular complexity index is 959. The average molecular weight is 561 g/mol. The Morgan fingerprint density at radius 3 is 2.23 bits per heavy atom. The van der Waals surface area contributed by atoms with Gasteiger partial charge in [-0.05, 0) is 56.1 Å². The number of ether oxygens (including phenoxy) is 4. The molecule has 1 aliphatic carbocycles. The van der Waals surface area contributed by atoms with Crippen molar-refractivity contribution in [1.82, 2.24) is 10.2 Å². The Hall–Kier alpha value is -2.52. The molecule has 9 heteroatoms. The number of likely N-dealkylation sites (tertiary alicyclic amines) is 1. The van der Waals surface area contributed by atoms with Crippen LogP contribution in [0.1, 0.15) is 97.3 Å². The normalized spacial score (nSPS) is 21.0. The van der Waals surface area contributed by atoms with Crippen molar-refractivity contribution in [2.45, 2.75) is 110 Å². The summed E-state index contributed by atoms with van der Waals surface area (Å²) in [4.78, 5) is 28.1. The molecule has 2 atom stereocenters. The van der Waals surface area contributed by atoms with Crippen molar-refractivity contribution < 1.29 is 33.6 Å². The topological polar surface area (TPSA) is 107 Å². The Morgan fingerprint density at radius 2 is 1.62 bits per heavy atom. The second-order valence-electron chi connectivity index (χ2n) is 11.5. The van der Waals surface area contributed by atoms with E-state index in [1.165, 1.54) is 11.3 Å². The summed E-state index contributed by atoms with van der Waals surface area (Å²) < 4.78 is 24.6. The van der Waals surface area contributed by atoms with Gasteiger partial charge < -0.3 is 24.1 Å². The van der Waals surface area contributed by atoms with Crippen molar-refractivity contribution in [1.29, 1.82) is 0 Å². The molecule has 2 amide bonds. The van der Waals surface area contributed by atoms with Crippen molar-refractivity contribution in [3.05, 3.63) is 12.1 Å². The van der Waals surface area contributed by atoms with Gasteiger partial charge in [0.05, 0.1) is 26.0 Å². The molecule has 224 valence electrons. The molecule has 1 saturated carbocycles. The number of amides is 2.